The van der Waals surface area contributed by atoms with Crippen LogP contribution in [0.1, 0.15) is 37.9 Å². The number of pyridine rings is 1. The maximum atomic E-state index is 13.3. The molecular weight excluding hydrogens is 388 g/mol. The van der Waals surface area contributed by atoms with Gasteiger partial charge in [-0.3, -0.25) is 19.3 Å². The number of nitrogens with zero attached hydrogens (tertiary/aromatic N) is 3. The van der Waals surface area contributed by atoms with Crippen molar-refractivity contribution in [3.05, 3.63) is 72.2 Å². The van der Waals surface area contributed by atoms with Crippen molar-refractivity contribution in [3.63, 3.8) is 0 Å². The van der Waals surface area contributed by atoms with Gasteiger partial charge in [-0.25, -0.2) is 0 Å². The lowest BCUT2D eigenvalue weighted by Gasteiger charge is -2.18. The molecule has 1 N–H and O–H groups in total. The maximum absolute atomic E-state index is 13.3. The standard InChI is InChI=1S/C25H30N4O2/c1-3-8-22(30)18-27-24(15-19-9-6-5-7-10-19)25(31)17-21-16-23(28-29(21)4-2)20-11-13-26-14-12-20/h5-7,9-14,16,24,27H,3-4,8,15,17-18H2,1-2H3/t24-/m0/s1. The van der Waals surface area contributed by atoms with E-state index in [0.717, 1.165) is 28.9 Å². The van der Waals surface area contributed by atoms with Crippen LogP contribution in [0.2, 0.25) is 0 Å². The smallest absolute Gasteiger partial charge is 0.156 e. The van der Waals surface area contributed by atoms with Crippen molar-refractivity contribution >= 4 is 11.6 Å². The number of Topliss-reactive ketones (excluding diaryl/α,β-unsaturated/α-hetero) is 2. The second-order valence-corrected chi connectivity index (χ2v) is 7.63. The molecule has 2 heterocycles. The highest BCUT2D eigenvalue weighted by atomic mass is 16.1. The van der Waals surface area contributed by atoms with Gasteiger partial charge in [-0.1, -0.05) is 37.3 Å². The van der Waals surface area contributed by atoms with E-state index in [1.165, 1.54) is 0 Å². The molecule has 3 aromatic rings. The highest BCUT2D eigenvalue weighted by molar-refractivity contribution is 5.87. The second-order valence-electron chi connectivity index (χ2n) is 7.63. The van der Waals surface area contributed by atoms with E-state index in [1.807, 2.05) is 67.1 Å². The summed E-state index contributed by atoms with van der Waals surface area (Å²) in [6, 6.07) is 15.3. The van der Waals surface area contributed by atoms with E-state index < -0.39 is 6.04 Å². The number of aromatic nitrogens is 3. The summed E-state index contributed by atoms with van der Waals surface area (Å²) in [6.07, 6.45) is 5.62. The molecule has 0 radical (unpaired) electrons. The monoisotopic (exact) mass is 418 g/mol. The van der Waals surface area contributed by atoms with Gasteiger partial charge in [-0.05, 0) is 43.5 Å². The van der Waals surface area contributed by atoms with Gasteiger partial charge in [0.25, 0.3) is 0 Å². The first-order chi connectivity index (χ1) is 15.1. The number of hydrogen-bond donors (Lipinski definition) is 1. The lowest BCUT2D eigenvalue weighted by atomic mass is 9.99. The van der Waals surface area contributed by atoms with Gasteiger partial charge in [0, 0.05) is 36.6 Å². The van der Waals surface area contributed by atoms with Crippen molar-refractivity contribution in [3.8, 4) is 11.3 Å². The van der Waals surface area contributed by atoms with Gasteiger partial charge in [0.2, 0.25) is 0 Å². The van der Waals surface area contributed by atoms with E-state index in [-0.39, 0.29) is 24.5 Å². The average Bonchev–Trinajstić information content (AvgIpc) is 3.21. The van der Waals surface area contributed by atoms with Crippen LogP contribution >= 0.6 is 0 Å². The Labute approximate surface area is 183 Å². The van der Waals surface area contributed by atoms with E-state index in [2.05, 4.69) is 15.4 Å². The van der Waals surface area contributed by atoms with Gasteiger partial charge in [0.05, 0.1) is 24.7 Å². The third kappa shape index (κ3) is 6.43. The topological polar surface area (TPSA) is 76.9 Å². The number of carbonyl (C=O) groups excluding carboxylic acids is 2. The largest absolute Gasteiger partial charge is 0.300 e. The van der Waals surface area contributed by atoms with Crippen LogP contribution in [-0.2, 0) is 29.0 Å². The number of aryl methyl sites for hydroxylation is 1. The third-order valence-electron chi connectivity index (χ3n) is 5.24. The first-order valence-corrected chi connectivity index (χ1v) is 10.9. The Morgan fingerprint density at radius 2 is 1.81 bits per heavy atom. The van der Waals surface area contributed by atoms with Crippen molar-refractivity contribution in [1.82, 2.24) is 20.1 Å². The molecule has 0 bridgehead atoms. The van der Waals surface area contributed by atoms with Crippen molar-refractivity contribution in [2.45, 2.75) is 52.1 Å². The normalized spacial score (nSPS) is 11.9. The van der Waals surface area contributed by atoms with Crippen molar-refractivity contribution in [1.29, 1.82) is 0 Å². The van der Waals surface area contributed by atoms with Crippen molar-refractivity contribution in [2.24, 2.45) is 0 Å². The summed E-state index contributed by atoms with van der Waals surface area (Å²) in [7, 11) is 0. The van der Waals surface area contributed by atoms with E-state index in [1.54, 1.807) is 12.4 Å². The minimum absolute atomic E-state index is 0.0593. The molecule has 2 aromatic heterocycles. The van der Waals surface area contributed by atoms with Crippen LogP contribution in [0.5, 0.6) is 0 Å². The minimum atomic E-state index is -0.423. The molecule has 0 saturated heterocycles. The van der Waals surface area contributed by atoms with E-state index >= 15 is 0 Å². The molecule has 0 unspecified atom stereocenters. The van der Waals surface area contributed by atoms with Gasteiger partial charge >= 0.3 is 0 Å². The number of carbonyl (C=O) groups is 2. The second kappa shape index (κ2) is 11.3. The summed E-state index contributed by atoms with van der Waals surface area (Å²) in [6.45, 7) is 4.89. The Bertz CT molecular complexity index is 983. The Balaban J connectivity index is 1.77. The van der Waals surface area contributed by atoms with Crippen LogP contribution in [0, 0.1) is 0 Å². The maximum Gasteiger partial charge on any atom is 0.156 e. The van der Waals surface area contributed by atoms with Gasteiger partial charge < -0.3 is 5.32 Å². The van der Waals surface area contributed by atoms with Gasteiger partial charge in [-0.15, -0.1) is 0 Å². The number of ketones is 2. The van der Waals surface area contributed by atoms with Gasteiger partial charge in [0.1, 0.15) is 5.78 Å². The summed E-state index contributed by atoms with van der Waals surface area (Å²) in [5.74, 6) is 0.191. The van der Waals surface area contributed by atoms with E-state index in [9.17, 15) is 9.59 Å². The molecule has 0 saturated carbocycles. The molecule has 31 heavy (non-hydrogen) atoms. The van der Waals surface area contributed by atoms with Crippen LogP contribution in [-0.4, -0.2) is 38.9 Å². The summed E-state index contributed by atoms with van der Waals surface area (Å²) in [5, 5.41) is 7.87. The first kappa shape index (κ1) is 22.6. The average molecular weight is 419 g/mol. The predicted molar refractivity (Wildman–Crippen MR) is 122 cm³/mol. The highest BCUT2D eigenvalue weighted by Crippen LogP contribution is 2.19. The van der Waals surface area contributed by atoms with Crippen LogP contribution in [0.4, 0.5) is 0 Å². The molecule has 0 spiro atoms. The summed E-state index contributed by atoms with van der Waals surface area (Å²) < 4.78 is 1.87. The van der Waals surface area contributed by atoms with Crippen LogP contribution < -0.4 is 5.32 Å². The van der Waals surface area contributed by atoms with Gasteiger partial charge in [-0.2, -0.15) is 5.10 Å². The van der Waals surface area contributed by atoms with Crippen LogP contribution in [0.3, 0.4) is 0 Å². The third-order valence-corrected chi connectivity index (χ3v) is 5.24. The van der Waals surface area contributed by atoms with Crippen LogP contribution in [0.25, 0.3) is 11.3 Å². The fourth-order valence-electron chi connectivity index (χ4n) is 3.59. The zero-order valence-corrected chi connectivity index (χ0v) is 18.3. The number of hydrogen-bond acceptors (Lipinski definition) is 5. The fraction of sp³-hybridized carbons (Fsp3) is 0.360. The molecule has 3 rings (SSSR count). The van der Waals surface area contributed by atoms with Gasteiger partial charge in [0.15, 0.2) is 5.78 Å². The molecule has 162 valence electrons. The number of benzene rings is 1. The zero-order valence-electron chi connectivity index (χ0n) is 18.3. The summed E-state index contributed by atoms with van der Waals surface area (Å²) in [5.41, 5.74) is 3.74. The number of nitrogens with one attached hydrogen (secondary N) is 1. The predicted octanol–water partition coefficient (Wildman–Crippen LogP) is 3.65. The SMILES string of the molecule is CCCC(=O)CN[C@@H](Cc1ccccc1)C(=O)Cc1cc(-c2ccncc2)nn1CC. The molecule has 6 heteroatoms. The molecule has 0 aliphatic heterocycles. The minimum Gasteiger partial charge on any atom is -0.300 e. The lowest BCUT2D eigenvalue weighted by Crippen LogP contribution is -2.42. The Kier molecular flexibility index (Phi) is 8.24. The zero-order chi connectivity index (χ0) is 22.1. The lowest BCUT2D eigenvalue weighted by molar-refractivity contribution is -0.121. The molecule has 1 aromatic carbocycles. The van der Waals surface area contributed by atoms with Crippen molar-refractivity contribution in [2.75, 3.05) is 6.54 Å². The molecule has 1 atom stereocenters. The molecule has 0 aliphatic rings. The Hall–Kier alpha value is -3.12. The van der Waals surface area contributed by atoms with Crippen molar-refractivity contribution < 1.29 is 9.59 Å². The molecular formula is C25H30N4O2. The Morgan fingerprint density at radius 1 is 1.06 bits per heavy atom. The first-order valence-electron chi connectivity index (χ1n) is 10.9. The quantitative estimate of drug-likeness (QED) is 0.486. The Morgan fingerprint density at radius 3 is 2.48 bits per heavy atom. The fourth-order valence-corrected chi connectivity index (χ4v) is 3.59. The molecule has 0 fully saturated rings. The van der Waals surface area contributed by atoms with Crippen LogP contribution in [0.15, 0.2) is 60.9 Å². The van der Waals surface area contributed by atoms with E-state index in [4.69, 9.17) is 0 Å². The van der Waals surface area contributed by atoms with E-state index in [0.29, 0.717) is 19.4 Å². The molecule has 0 aliphatic carbocycles. The summed E-state index contributed by atoms with van der Waals surface area (Å²) in [4.78, 5) is 29.4. The molecule has 6 nitrogen and oxygen atoms in total. The summed E-state index contributed by atoms with van der Waals surface area (Å²) >= 11 is 0. The highest BCUT2D eigenvalue weighted by Gasteiger charge is 2.22. The molecule has 0 amide bonds. The number of rotatable bonds is 12.